The second-order valence-electron chi connectivity index (χ2n) is 9.28. The van der Waals surface area contributed by atoms with E-state index in [4.69, 9.17) is 9.16 Å². The van der Waals surface area contributed by atoms with E-state index in [1.807, 2.05) is 11.8 Å². The molecule has 1 aromatic rings. The Morgan fingerprint density at radius 1 is 1.25 bits per heavy atom. The van der Waals surface area contributed by atoms with E-state index < -0.39 is 8.32 Å². The van der Waals surface area contributed by atoms with Gasteiger partial charge in [0.2, 0.25) is 8.32 Å². The first-order valence-electron chi connectivity index (χ1n) is 9.09. The zero-order valence-electron chi connectivity index (χ0n) is 16.2. The predicted octanol–water partition coefficient (Wildman–Crippen LogP) is 6.17. The first kappa shape index (κ1) is 18.3. The number of ether oxygens (including phenoxy) is 1. The molecule has 3 rings (SSSR count). The highest BCUT2D eigenvalue weighted by Gasteiger charge is 2.45. The van der Waals surface area contributed by atoms with Gasteiger partial charge in [-0.15, -0.1) is 11.8 Å². The molecule has 0 saturated carbocycles. The largest absolute Gasteiger partial charge is 0.543 e. The van der Waals surface area contributed by atoms with Gasteiger partial charge in [-0.2, -0.15) is 0 Å². The fraction of sp³-hybridized carbons (Fsp3) is 0.700. The topological polar surface area (TPSA) is 18.5 Å². The molecule has 0 radical (unpaired) electrons. The molecule has 0 spiro atoms. The van der Waals surface area contributed by atoms with Crippen LogP contribution in [0.2, 0.25) is 18.1 Å². The summed E-state index contributed by atoms with van der Waals surface area (Å²) in [6, 6.07) is 6.58. The third kappa shape index (κ3) is 3.17. The molecular weight excluding hydrogens is 332 g/mol. The summed E-state index contributed by atoms with van der Waals surface area (Å²) >= 11 is 1.95. The molecule has 1 aliphatic carbocycles. The van der Waals surface area contributed by atoms with Gasteiger partial charge in [-0.25, -0.2) is 0 Å². The monoisotopic (exact) mass is 364 g/mol. The molecule has 4 heteroatoms. The molecule has 1 aliphatic heterocycles. The van der Waals surface area contributed by atoms with Gasteiger partial charge in [0, 0.05) is 10.7 Å². The fourth-order valence-corrected chi connectivity index (χ4v) is 5.61. The van der Waals surface area contributed by atoms with E-state index in [9.17, 15) is 0 Å². The molecule has 2 aliphatic rings. The van der Waals surface area contributed by atoms with Crippen LogP contribution in [0.15, 0.2) is 18.2 Å². The van der Waals surface area contributed by atoms with Crippen molar-refractivity contribution in [1.82, 2.24) is 0 Å². The van der Waals surface area contributed by atoms with Crippen molar-refractivity contribution in [2.45, 2.75) is 76.4 Å². The van der Waals surface area contributed by atoms with Gasteiger partial charge in [0.05, 0.1) is 12.0 Å². The van der Waals surface area contributed by atoms with Crippen LogP contribution in [0.4, 0.5) is 0 Å². The lowest BCUT2D eigenvalue weighted by Gasteiger charge is -2.47. The minimum Gasteiger partial charge on any atom is -0.543 e. The Morgan fingerprint density at radius 2 is 1.96 bits per heavy atom. The normalized spacial score (nSPS) is 26.5. The predicted molar refractivity (Wildman–Crippen MR) is 106 cm³/mol. The maximum Gasteiger partial charge on any atom is 0.250 e. The lowest BCUT2D eigenvalue weighted by atomic mass is 9.75. The van der Waals surface area contributed by atoms with E-state index in [-0.39, 0.29) is 15.9 Å². The summed E-state index contributed by atoms with van der Waals surface area (Å²) in [5, 5.41) is 0.215. The first-order chi connectivity index (χ1) is 11.0. The van der Waals surface area contributed by atoms with Crippen molar-refractivity contribution in [2.75, 3.05) is 5.94 Å². The minimum atomic E-state index is -1.82. The number of benzene rings is 1. The van der Waals surface area contributed by atoms with Crippen molar-refractivity contribution in [3.8, 4) is 5.75 Å². The first-order valence-corrected chi connectivity index (χ1v) is 13.0. The Balaban J connectivity index is 1.95. The molecule has 0 unspecified atom stereocenters. The smallest absolute Gasteiger partial charge is 0.250 e. The van der Waals surface area contributed by atoms with Crippen LogP contribution in [0.5, 0.6) is 5.75 Å². The summed E-state index contributed by atoms with van der Waals surface area (Å²) in [6.07, 6.45) is 2.53. The second kappa shape index (κ2) is 6.06. The van der Waals surface area contributed by atoms with Crippen LogP contribution >= 0.6 is 11.8 Å². The van der Waals surface area contributed by atoms with Crippen LogP contribution in [0.25, 0.3) is 0 Å². The molecule has 1 aromatic carbocycles. The summed E-state index contributed by atoms with van der Waals surface area (Å²) < 4.78 is 13.2. The van der Waals surface area contributed by atoms with Crippen LogP contribution in [0.3, 0.4) is 0 Å². The molecule has 0 aromatic heterocycles. The Morgan fingerprint density at radius 3 is 2.62 bits per heavy atom. The van der Waals surface area contributed by atoms with Gasteiger partial charge in [0.25, 0.3) is 0 Å². The highest BCUT2D eigenvalue weighted by atomic mass is 32.2. The van der Waals surface area contributed by atoms with Crippen LogP contribution in [-0.4, -0.2) is 19.0 Å². The van der Waals surface area contributed by atoms with Crippen molar-refractivity contribution in [1.29, 1.82) is 0 Å². The van der Waals surface area contributed by atoms with Crippen LogP contribution in [0.1, 0.15) is 58.3 Å². The molecule has 2 nitrogen and oxygen atoms in total. The van der Waals surface area contributed by atoms with E-state index in [2.05, 4.69) is 65.9 Å². The number of thioether (sulfide) groups is 1. The minimum absolute atomic E-state index is 0.215. The Bertz CT molecular complexity index is 619. The lowest BCUT2D eigenvalue weighted by molar-refractivity contribution is 0.00544. The van der Waals surface area contributed by atoms with Crippen molar-refractivity contribution >= 4 is 20.1 Å². The van der Waals surface area contributed by atoms with Gasteiger partial charge in [0.1, 0.15) is 5.75 Å². The van der Waals surface area contributed by atoms with Gasteiger partial charge in [0.15, 0.2) is 0 Å². The van der Waals surface area contributed by atoms with Crippen LogP contribution in [-0.2, 0) is 11.2 Å². The van der Waals surface area contributed by atoms with E-state index in [0.29, 0.717) is 5.92 Å². The summed E-state index contributed by atoms with van der Waals surface area (Å²) in [6.45, 7) is 16.3. The van der Waals surface area contributed by atoms with Gasteiger partial charge in [-0.05, 0) is 48.2 Å². The number of hydrogen-bond acceptors (Lipinski definition) is 3. The summed E-state index contributed by atoms with van der Waals surface area (Å²) in [5.74, 6) is 2.49. The maximum atomic E-state index is 6.67. The summed E-state index contributed by atoms with van der Waals surface area (Å²) in [5.41, 5.74) is 2.77. The van der Waals surface area contributed by atoms with Gasteiger partial charge in [-0.1, -0.05) is 46.8 Å². The van der Waals surface area contributed by atoms with E-state index in [1.54, 1.807) is 0 Å². The number of rotatable bonds is 2. The van der Waals surface area contributed by atoms with Gasteiger partial charge < -0.3 is 9.16 Å². The molecule has 0 N–H and O–H groups in total. The molecule has 24 heavy (non-hydrogen) atoms. The lowest BCUT2D eigenvalue weighted by Crippen LogP contribution is -2.44. The van der Waals surface area contributed by atoms with E-state index >= 15 is 0 Å². The van der Waals surface area contributed by atoms with Crippen molar-refractivity contribution in [2.24, 2.45) is 5.92 Å². The van der Waals surface area contributed by atoms with E-state index in [1.165, 1.54) is 17.5 Å². The summed E-state index contributed by atoms with van der Waals surface area (Å²) in [4.78, 5) is 0. The molecular formula is C20H32O2SSi. The molecule has 0 amide bonds. The zero-order valence-corrected chi connectivity index (χ0v) is 18.0. The number of hydrogen-bond donors (Lipinski definition) is 0. The fourth-order valence-electron chi connectivity index (χ4n) is 3.59. The third-order valence-electron chi connectivity index (χ3n) is 6.29. The zero-order chi connectivity index (χ0) is 17.8. The Hall–Kier alpha value is -0.453. The van der Waals surface area contributed by atoms with Gasteiger partial charge in [-0.3, -0.25) is 0 Å². The maximum absolute atomic E-state index is 6.67. The standard InChI is InChI=1S/C20H32O2SSi/c1-19(2,3)24(6,7)22-17-10-8-9-15-14(17)11-12-16-18(15)21-13-23-20(16,4)5/h8-10,16,18H,11-13H2,1-7H3/t16-,18+/m0/s1. The molecule has 1 fully saturated rings. The quantitative estimate of drug-likeness (QED) is 0.584. The van der Waals surface area contributed by atoms with Crippen molar-refractivity contribution in [3.05, 3.63) is 29.3 Å². The van der Waals surface area contributed by atoms with Crippen molar-refractivity contribution < 1.29 is 9.16 Å². The summed E-state index contributed by atoms with van der Waals surface area (Å²) in [7, 11) is -1.82. The van der Waals surface area contributed by atoms with Crippen LogP contribution < -0.4 is 4.43 Å². The van der Waals surface area contributed by atoms with E-state index in [0.717, 1.165) is 18.1 Å². The van der Waals surface area contributed by atoms with Crippen LogP contribution in [0, 0.1) is 5.92 Å². The average molecular weight is 365 g/mol. The molecule has 1 saturated heterocycles. The highest BCUT2D eigenvalue weighted by Crippen LogP contribution is 2.53. The molecule has 1 heterocycles. The third-order valence-corrected chi connectivity index (χ3v) is 11.9. The highest BCUT2D eigenvalue weighted by molar-refractivity contribution is 8.00. The molecule has 0 bridgehead atoms. The molecule has 2 atom stereocenters. The molecule has 134 valence electrons. The Kier molecular flexibility index (Phi) is 4.63. The average Bonchev–Trinajstić information content (AvgIpc) is 2.45. The SMILES string of the molecule is CC1(C)SCO[C@@H]2c3cccc(O[Si](C)(C)C(C)(C)C)c3CC[C@@H]21. The number of fused-ring (bicyclic) bond motifs is 3. The second-order valence-corrected chi connectivity index (χ2v) is 15.6. The van der Waals surface area contributed by atoms with Crippen molar-refractivity contribution in [3.63, 3.8) is 0 Å². The van der Waals surface area contributed by atoms with Gasteiger partial charge >= 0.3 is 0 Å². The Labute approximate surface area is 152 Å².